The molecule has 0 bridgehead atoms. The summed E-state index contributed by atoms with van der Waals surface area (Å²) in [5.41, 5.74) is 4.96. The second-order valence-corrected chi connectivity index (χ2v) is 6.33. The van der Waals surface area contributed by atoms with Crippen molar-refractivity contribution in [2.75, 3.05) is 0 Å². The summed E-state index contributed by atoms with van der Waals surface area (Å²) in [5, 5.41) is 0. The van der Waals surface area contributed by atoms with Crippen LogP contribution in [-0.4, -0.2) is 5.78 Å². The van der Waals surface area contributed by atoms with E-state index in [0.717, 1.165) is 22.4 Å². The number of benzene rings is 3. The van der Waals surface area contributed by atoms with Crippen molar-refractivity contribution in [1.29, 1.82) is 0 Å². The lowest BCUT2D eigenvalue weighted by molar-refractivity contribution is 0.101. The highest BCUT2D eigenvalue weighted by atomic mass is 16.5. The van der Waals surface area contributed by atoms with Crippen LogP contribution in [0.1, 0.15) is 39.5 Å². The fourth-order valence-corrected chi connectivity index (χ4v) is 2.65. The number of ether oxygens (including phenoxy) is 1. The molecule has 0 aromatic heterocycles. The maximum absolute atomic E-state index is 11.7. The van der Waals surface area contributed by atoms with Crippen LogP contribution in [-0.2, 0) is 11.3 Å². The molecule has 0 aliphatic heterocycles. The highest BCUT2D eigenvalue weighted by Gasteiger charge is 2.08. The first-order chi connectivity index (χ1) is 12.6. The fourth-order valence-electron chi connectivity index (χ4n) is 2.65. The second kappa shape index (κ2) is 8.30. The van der Waals surface area contributed by atoms with Crippen molar-refractivity contribution in [3.05, 3.63) is 107 Å². The molecule has 0 aliphatic carbocycles. The number of Topliss-reactive ketones (excluding diaryl/α,β-unsaturated/α-hetero) is 1. The zero-order chi connectivity index (χ0) is 18.4. The van der Waals surface area contributed by atoms with Crippen LogP contribution in [0.15, 0.2) is 78.9 Å². The molecule has 0 saturated heterocycles. The lowest BCUT2D eigenvalue weighted by atomic mass is 10.0. The van der Waals surface area contributed by atoms with Gasteiger partial charge in [0.2, 0.25) is 0 Å². The highest BCUT2D eigenvalue weighted by Crippen LogP contribution is 2.23. The van der Waals surface area contributed by atoms with Gasteiger partial charge in [0.1, 0.15) is 12.4 Å². The van der Waals surface area contributed by atoms with Crippen molar-refractivity contribution >= 4 is 17.6 Å². The van der Waals surface area contributed by atoms with Gasteiger partial charge in [-0.1, -0.05) is 78.4 Å². The molecule has 0 amide bonds. The molecule has 0 atom stereocenters. The average Bonchev–Trinajstić information content (AvgIpc) is 2.67. The first-order valence-electron chi connectivity index (χ1n) is 8.68. The van der Waals surface area contributed by atoms with Crippen LogP contribution in [0.3, 0.4) is 0 Å². The Labute approximate surface area is 154 Å². The van der Waals surface area contributed by atoms with Gasteiger partial charge in [0.25, 0.3) is 0 Å². The monoisotopic (exact) mass is 342 g/mol. The summed E-state index contributed by atoms with van der Waals surface area (Å²) in [7, 11) is 0. The highest BCUT2D eigenvalue weighted by molar-refractivity contribution is 5.95. The summed E-state index contributed by atoms with van der Waals surface area (Å²) in [4.78, 5) is 11.7. The Bertz CT molecular complexity index is 906. The Kier molecular flexibility index (Phi) is 5.65. The lowest BCUT2D eigenvalue weighted by Gasteiger charge is -2.12. The van der Waals surface area contributed by atoms with E-state index in [1.54, 1.807) is 6.92 Å². The van der Waals surface area contributed by atoms with E-state index in [1.807, 2.05) is 60.7 Å². The van der Waals surface area contributed by atoms with Gasteiger partial charge >= 0.3 is 0 Å². The van der Waals surface area contributed by atoms with Crippen molar-refractivity contribution < 1.29 is 9.53 Å². The molecular weight excluding hydrogens is 320 g/mol. The van der Waals surface area contributed by atoms with Gasteiger partial charge in [-0.25, -0.2) is 0 Å². The Morgan fingerprint density at radius 3 is 2.27 bits per heavy atom. The van der Waals surface area contributed by atoms with Crippen LogP contribution < -0.4 is 0 Å². The van der Waals surface area contributed by atoms with Crippen molar-refractivity contribution in [1.82, 2.24) is 0 Å². The third kappa shape index (κ3) is 4.70. The first kappa shape index (κ1) is 17.7. The topological polar surface area (TPSA) is 26.3 Å². The van der Waals surface area contributed by atoms with Gasteiger partial charge in [-0.2, -0.15) is 0 Å². The third-order valence-corrected chi connectivity index (χ3v) is 4.17. The summed E-state index contributed by atoms with van der Waals surface area (Å²) in [6.45, 7) is 4.12. The van der Waals surface area contributed by atoms with E-state index in [0.29, 0.717) is 12.2 Å². The zero-order valence-corrected chi connectivity index (χ0v) is 15.1. The van der Waals surface area contributed by atoms with Crippen molar-refractivity contribution in [2.24, 2.45) is 0 Å². The van der Waals surface area contributed by atoms with E-state index in [1.165, 1.54) is 5.56 Å². The average molecular weight is 342 g/mol. The number of ketones is 1. The van der Waals surface area contributed by atoms with Gasteiger partial charge in [-0.3, -0.25) is 4.79 Å². The van der Waals surface area contributed by atoms with Crippen LogP contribution in [0.4, 0.5) is 0 Å². The molecule has 3 rings (SSSR count). The molecule has 0 saturated carbocycles. The number of rotatable bonds is 6. The van der Waals surface area contributed by atoms with Gasteiger partial charge < -0.3 is 4.74 Å². The van der Waals surface area contributed by atoms with Gasteiger partial charge in [0.15, 0.2) is 5.78 Å². The standard InChI is InChI=1S/C24H22O2/c1-18-11-13-20(14-12-18)15-24(26-17-21-7-4-3-5-8-21)23-10-6-9-22(16-23)19(2)25/h3-16H,17H2,1-2H3/b24-15-. The zero-order valence-electron chi connectivity index (χ0n) is 15.1. The largest absolute Gasteiger partial charge is 0.488 e. The van der Waals surface area contributed by atoms with E-state index in [-0.39, 0.29) is 5.78 Å². The van der Waals surface area contributed by atoms with Gasteiger partial charge in [0, 0.05) is 11.1 Å². The Morgan fingerprint density at radius 1 is 0.885 bits per heavy atom. The number of carbonyl (C=O) groups excluding carboxylic acids is 1. The van der Waals surface area contributed by atoms with Gasteiger partial charge in [-0.15, -0.1) is 0 Å². The molecule has 0 radical (unpaired) electrons. The number of carbonyl (C=O) groups is 1. The fraction of sp³-hybridized carbons (Fsp3) is 0.125. The SMILES string of the molecule is CC(=O)c1cccc(/C(=C/c2ccc(C)cc2)OCc2ccccc2)c1. The second-order valence-electron chi connectivity index (χ2n) is 6.33. The van der Waals surface area contributed by atoms with Gasteiger partial charge in [-0.05, 0) is 37.1 Å². The summed E-state index contributed by atoms with van der Waals surface area (Å²) >= 11 is 0. The van der Waals surface area contributed by atoms with Crippen molar-refractivity contribution in [3.8, 4) is 0 Å². The van der Waals surface area contributed by atoms with E-state index in [4.69, 9.17) is 4.74 Å². The molecule has 0 N–H and O–H groups in total. The number of hydrogen-bond donors (Lipinski definition) is 0. The van der Waals surface area contributed by atoms with E-state index in [9.17, 15) is 4.79 Å². The predicted molar refractivity (Wildman–Crippen MR) is 107 cm³/mol. The Morgan fingerprint density at radius 2 is 1.58 bits per heavy atom. The van der Waals surface area contributed by atoms with E-state index >= 15 is 0 Å². The van der Waals surface area contributed by atoms with Crippen LogP contribution in [0.2, 0.25) is 0 Å². The molecule has 0 unspecified atom stereocenters. The Hall–Kier alpha value is -3.13. The molecular formula is C24H22O2. The molecule has 2 nitrogen and oxygen atoms in total. The van der Waals surface area contributed by atoms with Crippen LogP contribution >= 0.6 is 0 Å². The van der Waals surface area contributed by atoms with Gasteiger partial charge in [0.05, 0.1) is 0 Å². The predicted octanol–water partition coefficient (Wildman–Crippen LogP) is 5.91. The maximum Gasteiger partial charge on any atom is 0.159 e. The molecule has 26 heavy (non-hydrogen) atoms. The molecule has 2 heteroatoms. The van der Waals surface area contributed by atoms with E-state index < -0.39 is 0 Å². The normalized spacial score (nSPS) is 11.2. The molecule has 0 fully saturated rings. The molecule has 0 spiro atoms. The summed E-state index contributed by atoms with van der Waals surface area (Å²) in [5.74, 6) is 0.797. The smallest absolute Gasteiger partial charge is 0.159 e. The summed E-state index contributed by atoms with van der Waals surface area (Å²) < 4.78 is 6.13. The molecule has 130 valence electrons. The third-order valence-electron chi connectivity index (χ3n) is 4.17. The number of aryl methyl sites for hydroxylation is 1. The molecule has 0 aliphatic rings. The molecule has 0 heterocycles. The van der Waals surface area contributed by atoms with Crippen molar-refractivity contribution in [3.63, 3.8) is 0 Å². The number of hydrogen-bond acceptors (Lipinski definition) is 2. The minimum absolute atomic E-state index is 0.0459. The molecule has 3 aromatic rings. The Balaban J connectivity index is 1.94. The maximum atomic E-state index is 11.7. The lowest BCUT2D eigenvalue weighted by Crippen LogP contribution is -1.97. The quantitative estimate of drug-likeness (QED) is 0.316. The summed E-state index contributed by atoms with van der Waals surface area (Å²) in [6.07, 6.45) is 2.02. The van der Waals surface area contributed by atoms with Crippen LogP contribution in [0, 0.1) is 6.92 Å². The van der Waals surface area contributed by atoms with Crippen molar-refractivity contribution in [2.45, 2.75) is 20.5 Å². The van der Waals surface area contributed by atoms with Crippen LogP contribution in [0.25, 0.3) is 11.8 Å². The van der Waals surface area contributed by atoms with Crippen LogP contribution in [0.5, 0.6) is 0 Å². The summed E-state index contributed by atoms with van der Waals surface area (Å²) in [6, 6.07) is 25.9. The molecule has 3 aromatic carbocycles. The minimum atomic E-state index is 0.0459. The minimum Gasteiger partial charge on any atom is -0.488 e. The first-order valence-corrected chi connectivity index (χ1v) is 8.68. The van der Waals surface area contributed by atoms with E-state index in [2.05, 4.69) is 31.2 Å².